The van der Waals surface area contributed by atoms with E-state index in [0.717, 1.165) is 31.4 Å². The molecule has 6 heteroatoms. The number of hydrogen-bond acceptors (Lipinski definition) is 2. The summed E-state index contributed by atoms with van der Waals surface area (Å²) in [6.45, 7) is 0. The van der Waals surface area contributed by atoms with E-state index in [2.05, 4.69) is 0 Å². The van der Waals surface area contributed by atoms with E-state index in [4.69, 9.17) is 11.6 Å². The average Bonchev–Trinajstić information content (AvgIpc) is 2.65. The summed E-state index contributed by atoms with van der Waals surface area (Å²) in [5.41, 5.74) is 0.819. The van der Waals surface area contributed by atoms with Crippen molar-refractivity contribution < 1.29 is 8.42 Å². The highest BCUT2D eigenvalue weighted by atomic mass is 35.5. The Hall–Kier alpha value is -0.520. The molecular formula is C14H23ClN2O2S. The van der Waals surface area contributed by atoms with Gasteiger partial charge in [0, 0.05) is 32.0 Å². The summed E-state index contributed by atoms with van der Waals surface area (Å²) in [6, 6.07) is 1.80. The fourth-order valence-electron chi connectivity index (χ4n) is 2.83. The predicted octanol–water partition coefficient (Wildman–Crippen LogP) is 3.11. The molecule has 0 aliphatic heterocycles. The number of aryl methyl sites for hydroxylation is 1. The second-order valence-corrected chi connectivity index (χ2v) is 7.84. The zero-order valence-electron chi connectivity index (χ0n) is 12.2. The molecule has 1 aromatic heterocycles. The van der Waals surface area contributed by atoms with Gasteiger partial charge in [0.05, 0.1) is 5.88 Å². The van der Waals surface area contributed by atoms with Gasteiger partial charge in [-0.2, -0.15) is 4.31 Å². The van der Waals surface area contributed by atoms with Crippen molar-refractivity contribution in [3.05, 3.63) is 18.0 Å². The molecule has 0 N–H and O–H groups in total. The van der Waals surface area contributed by atoms with E-state index in [1.54, 1.807) is 28.2 Å². The van der Waals surface area contributed by atoms with Crippen LogP contribution in [0.2, 0.25) is 0 Å². The first-order valence-electron chi connectivity index (χ1n) is 7.16. The van der Waals surface area contributed by atoms with Crippen LogP contribution in [-0.2, 0) is 23.0 Å². The highest BCUT2D eigenvalue weighted by Gasteiger charge is 2.29. The minimum Gasteiger partial charge on any atom is -0.352 e. The second-order valence-electron chi connectivity index (χ2n) is 5.58. The lowest BCUT2D eigenvalue weighted by Crippen LogP contribution is -2.36. The van der Waals surface area contributed by atoms with Gasteiger partial charge in [0.1, 0.15) is 4.90 Å². The smallest absolute Gasteiger partial charge is 0.244 e. The van der Waals surface area contributed by atoms with E-state index in [1.165, 1.54) is 12.8 Å². The Morgan fingerprint density at radius 1 is 1.30 bits per heavy atom. The molecule has 0 amide bonds. The van der Waals surface area contributed by atoms with Crippen LogP contribution in [0.3, 0.4) is 0 Å². The van der Waals surface area contributed by atoms with Crippen LogP contribution in [0.15, 0.2) is 17.2 Å². The third-order valence-electron chi connectivity index (χ3n) is 4.24. The third-order valence-corrected chi connectivity index (χ3v) is 6.38. The number of alkyl halides is 1. The Morgan fingerprint density at radius 3 is 2.40 bits per heavy atom. The van der Waals surface area contributed by atoms with Crippen LogP contribution in [0.5, 0.6) is 0 Å². The van der Waals surface area contributed by atoms with Crippen LogP contribution >= 0.6 is 11.6 Å². The Labute approximate surface area is 126 Å². The molecule has 0 saturated heterocycles. The third kappa shape index (κ3) is 3.21. The summed E-state index contributed by atoms with van der Waals surface area (Å²) >= 11 is 5.82. The van der Waals surface area contributed by atoms with Gasteiger partial charge in [-0.05, 0) is 18.9 Å². The maximum atomic E-state index is 12.7. The Bertz CT molecular complexity index is 546. The average molecular weight is 319 g/mol. The Balaban J connectivity index is 2.23. The molecule has 0 spiro atoms. The van der Waals surface area contributed by atoms with Gasteiger partial charge in [0.15, 0.2) is 0 Å². The summed E-state index contributed by atoms with van der Waals surface area (Å²) in [4.78, 5) is 0.349. The lowest BCUT2D eigenvalue weighted by atomic mass is 10.1. The number of aromatic nitrogens is 1. The van der Waals surface area contributed by atoms with Crippen molar-refractivity contribution in [1.29, 1.82) is 0 Å². The van der Waals surface area contributed by atoms with Gasteiger partial charge in [-0.1, -0.05) is 25.7 Å². The molecular weight excluding hydrogens is 296 g/mol. The fourth-order valence-corrected chi connectivity index (χ4v) is 4.61. The predicted molar refractivity (Wildman–Crippen MR) is 81.4 cm³/mol. The van der Waals surface area contributed by atoms with Gasteiger partial charge in [-0.25, -0.2) is 8.42 Å². The standard InChI is InChI=1S/C14H23ClN2O2S/c1-16-11-14(9-13(16)10-15)20(18,19)17(2)12-7-5-3-4-6-8-12/h9,11-12H,3-8,10H2,1-2H3. The monoisotopic (exact) mass is 318 g/mol. The maximum absolute atomic E-state index is 12.7. The Kier molecular flexibility index (Phi) is 5.15. The molecule has 0 unspecified atom stereocenters. The van der Waals surface area contributed by atoms with Crippen LogP contribution in [0, 0.1) is 0 Å². The number of halogens is 1. The van der Waals surface area contributed by atoms with Gasteiger partial charge in [0.25, 0.3) is 0 Å². The molecule has 0 atom stereocenters. The normalized spacial score (nSPS) is 18.4. The summed E-state index contributed by atoms with van der Waals surface area (Å²) in [5.74, 6) is 0.319. The zero-order chi connectivity index (χ0) is 14.8. The summed E-state index contributed by atoms with van der Waals surface area (Å²) in [6.07, 6.45) is 8.24. The quantitative estimate of drug-likeness (QED) is 0.632. The highest BCUT2D eigenvalue weighted by Crippen LogP contribution is 2.26. The van der Waals surface area contributed by atoms with E-state index < -0.39 is 10.0 Å². The summed E-state index contributed by atoms with van der Waals surface area (Å²) < 4.78 is 28.7. The highest BCUT2D eigenvalue weighted by molar-refractivity contribution is 7.89. The van der Waals surface area contributed by atoms with Crippen molar-refractivity contribution in [2.24, 2.45) is 7.05 Å². The van der Waals surface area contributed by atoms with Crippen LogP contribution < -0.4 is 0 Å². The van der Waals surface area contributed by atoms with Gasteiger partial charge < -0.3 is 4.57 Å². The van der Waals surface area contributed by atoms with Crippen LogP contribution in [0.4, 0.5) is 0 Å². The molecule has 1 heterocycles. The molecule has 1 aromatic rings. The molecule has 1 aliphatic rings. The van der Waals surface area contributed by atoms with E-state index in [-0.39, 0.29) is 6.04 Å². The first kappa shape index (κ1) is 15.9. The minimum absolute atomic E-state index is 0.127. The van der Waals surface area contributed by atoms with Crippen LogP contribution in [0.1, 0.15) is 44.2 Å². The molecule has 114 valence electrons. The van der Waals surface area contributed by atoms with Crippen molar-refractivity contribution in [2.45, 2.75) is 55.3 Å². The van der Waals surface area contributed by atoms with E-state index in [9.17, 15) is 8.42 Å². The van der Waals surface area contributed by atoms with E-state index >= 15 is 0 Å². The number of rotatable bonds is 4. The molecule has 4 nitrogen and oxygen atoms in total. The molecule has 1 saturated carbocycles. The zero-order valence-corrected chi connectivity index (χ0v) is 13.8. The van der Waals surface area contributed by atoms with E-state index in [0.29, 0.717) is 10.8 Å². The second kappa shape index (κ2) is 6.50. The van der Waals surface area contributed by atoms with Gasteiger partial charge in [0.2, 0.25) is 10.0 Å². The SMILES string of the molecule is CN(C1CCCCCC1)S(=O)(=O)c1cc(CCl)n(C)c1. The first-order chi connectivity index (χ1) is 9.46. The maximum Gasteiger partial charge on any atom is 0.244 e. The summed E-state index contributed by atoms with van der Waals surface area (Å²) in [5, 5.41) is 0. The molecule has 0 radical (unpaired) electrons. The van der Waals surface area contributed by atoms with Gasteiger partial charge >= 0.3 is 0 Å². The molecule has 0 bridgehead atoms. The van der Waals surface area contributed by atoms with Crippen LogP contribution in [0.25, 0.3) is 0 Å². The lowest BCUT2D eigenvalue weighted by molar-refractivity contribution is 0.335. The molecule has 20 heavy (non-hydrogen) atoms. The molecule has 1 fully saturated rings. The van der Waals surface area contributed by atoms with Crippen molar-refractivity contribution in [3.8, 4) is 0 Å². The molecule has 0 aromatic carbocycles. The molecule has 1 aliphatic carbocycles. The van der Waals surface area contributed by atoms with Crippen molar-refractivity contribution in [1.82, 2.24) is 8.87 Å². The number of sulfonamides is 1. The molecule has 2 rings (SSSR count). The minimum atomic E-state index is -3.41. The van der Waals surface area contributed by atoms with Gasteiger partial charge in [-0.3, -0.25) is 0 Å². The first-order valence-corrected chi connectivity index (χ1v) is 9.13. The van der Waals surface area contributed by atoms with Gasteiger partial charge in [-0.15, -0.1) is 11.6 Å². The van der Waals surface area contributed by atoms with Crippen molar-refractivity contribution in [3.63, 3.8) is 0 Å². The number of nitrogens with zero attached hydrogens (tertiary/aromatic N) is 2. The van der Waals surface area contributed by atoms with Crippen LogP contribution in [-0.4, -0.2) is 30.4 Å². The van der Waals surface area contributed by atoms with Crippen molar-refractivity contribution in [2.75, 3.05) is 7.05 Å². The summed E-state index contributed by atoms with van der Waals surface area (Å²) in [7, 11) is 0.116. The van der Waals surface area contributed by atoms with E-state index in [1.807, 2.05) is 7.05 Å². The topological polar surface area (TPSA) is 42.3 Å². The largest absolute Gasteiger partial charge is 0.352 e. The number of hydrogen-bond donors (Lipinski definition) is 0. The fraction of sp³-hybridized carbons (Fsp3) is 0.714. The Morgan fingerprint density at radius 2 is 1.90 bits per heavy atom. The van der Waals surface area contributed by atoms with Crippen molar-refractivity contribution >= 4 is 21.6 Å². The lowest BCUT2D eigenvalue weighted by Gasteiger charge is -2.25.